The highest BCUT2D eigenvalue weighted by atomic mass is 127. The number of hydrogen-bond donors (Lipinski definition) is 0. The molecule has 2 heterocycles. The van der Waals surface area contributed by atoms with Crippen molar-refractivity contribution in [3.63, 3.8) is 0 Å². The number of likely N-dealkylation sites (tertiary alicyclic amines) is 2. The van der Waals surface area contributed by atoms with Gasteiger partial charge in [-0.15, -0.1) is 0 Å². The summed E-state index contributed by atoms with van der Waals surface area (Å²) < 4.78 is 1.24. The smallest absolute Gasteiger partial charge is 0.229 e. The number of halogens is 1. The topological polar surface area (TPSA) is 23.6 Å². The molecule has 0 radical (unpaired) electrons. The molecule has 2 aliphatic heterocycles. The molecule has 34 heavy (non-hydrogen) atoms. The second-order valence-electron chi connectivity index (χ2n) is 9.89. The van der Waals surface area contributed by atoms with Crippen molar-refractivity contribution in [2.45, 2.75) is 38.1 Å². The zero-order valence-electron chi connectivity index (χ0n) is 19.7. The molecule has 2 saturated heterocycles. The molecule has 2 aliphatic rings. The minimum Gasteiger partial charge on any atom is -0.338 e. The molecule has 3 nitrogen and oxygen atoms in total. The van der Waals surface area contributed by atoms with Crippen molar-refractivity contribution in [1.82, 2.24) is 9.80 Å². The molecule has 0 saturated carbocycles. The van der Waals surface area contributed by atoms with E-state index in [1.807, 2.05) is 0 Å². The fourth-order valence-corrected chi connectivity index (χ4v) is 6.09. The molecule has 0 N–H and O–H groups in total. The van der Waals surface area contributed by atoms with Crippen LogP contribution in [0.3, 0.4) is 0 Å². The normalized spacial score (nSPS) is 18.2. The highest BCUT2D eigenvalue weighted by molar-refractivity contribution is 14.1. The van der Waals surface area contributed by atoms with Gasteiger partial charge in [0.15, 0.2) is 0 Å². The molecular weight excluding hydrogens is 531 g/mol. The zero-order valence-corrected chi connectivity index (χ0v) is 21.9. The van der Waals surface area contributed by atoms with Gasteiger partial charge in [-0.1, -0.05) is 72.8 Å². The number of carbonyl (C=O) groups excluding carboxylic acids is 1. The van der Waals surface area contributed by atoms with E-state index >= 15 is 0 Å². The molecule has 3 aromatic carbocycles. The van der Waals surface area contributed by atoms with Crippen molar-refractivity contribution in [3.8, 4) is 0 Å². The first kappa shape index (κ1) is 23.6. The lowest BCUT2D eigenvalue weighted by atomic mass is 9.77. The summed E-state index contributed by atoms with van der Waals surface area (Å²) in [5.41, 5.74) is 3.88. The number of rotatable bonds is 7. The Labute approximate surface area is 217 Å². The summed E-state index contributed by atoms with van der Waals surface area (Å²) in [5.74, 6) is 0.799. The van der Waals surface area contributed by atoms with Crippen molar-refractivity contribution in [1.29, 1.82) is 0 Å². The Balaban J connectivity index is 1.18. The Kier molecular flexibility index (Phi) is 7.35. The lowest BCUT2D eigenvalue weighted by Gasteiger charge is -2.38. The van der Waals surface area contributed by atoms with E-state index in [2.05, 4.69) is 117 Å². The van der Waals surface area contributed by atoms with E-state index in [-0.39, 0.29) is 5.41 Å². The minimum absolute atomic E-state index is 0.127. The first-order valence-corrected chi connectivity index (χ1v) is 13.6. The molecule has 4 heteroatoms. The fourth-order valence-electron chi connectivity index (χ4n) is 5.73. The molecule has 0 unspecified atom stereocenters. The quantitative estimate of drug-likeness (QED) is 0.314. The van der Waals surface area contributed by atoms with Gasteiger partial charge in [-0.25, -0.2) is 0 Å². The Morgan fingerprint density at radius 1 is 0.765 bits per heavy atom. The predicted octanol–water partition coefficient (Wildman–Crippen LogP) is 6.33. The van der Waals surface area contributed by atoms with E-state index < -0.39 is 0 Å². The van der Waals surface area contributed by atoms with E-state index in [1.165, 1.54) is 20.3 Å². The maximum Gasteiger partial charge on any atom is 0.229 e. The van der Waals surface area contributed by atoms with Gasteiger partial charge in [0, 0.05) is 22.6 Å². The Bertz CT molecular complexity index is 1040. The van der Waals surface area contributed by atoms with Gasteiger partial charge in [-0.2, -0.15) is 0 Å². The van der Waals surface area contributed by atoms with Crippen LogP contribution < -0.4 is 0 Å². The van der Waals surface area contributed by atoms with Crippen molar-refractivity contribution in [3.05, 3.63) is 105 Å². The zero-order chi connectivity index (χ0) is 23.4. The number of carbonyl (C=O) groups is 1. The summed E-state index contributed by atoms with van der Waals surface area (Å²) in [4.78, 5) is 18.1. The van der Waals surface area contributed by atoms with Crippen LogP contribution in [0.15, 0.2) is 84.9 Å². The summed E-state index contributed by atoms with van der Waals surface area (Å²) in [6.45, 7) is 4.77. The van der Waals surface area contributed by atoms with Crippen LogP contribution in [0.4, 0.5) is 0 Å². The Hall–Kier alpha value is -2.18. The van der Waals surface area contributed by atoms with Gasteiger partial charge in [0.1, 0.15) is 0 Å². The Morgan fingerprint density at radius 2 is 1.32 bits per heavy atom. The summed E-state index contributed by atoms with van der Waals surface area (Å²) in [6.07, 6.45) is 4.11. The standard InChI is InChI=1S/C30H33IN2O/c31-27-13-11-24(12-14-27)23-33-22-18-30(29(33)34)16-20-32(21-17-30)19-15-28(25-7-3-1-4-8-25)26-9-5-2-6-10-26/h1-14,28H,15-23H2. The number of hydrogen-bond acceptors (Lipinski definition) is 2. The van der Waals surface area contributed by atoms with Gasteiger partial charge in [0.25, 0.3) is 0 Å². The molecule has 2 fully saturated rings. The second kappa shape index (κ2) is 10.6. The van der Waals surface area contributed by atoms with Crippen molar-refractivity contribution < 1.29 is 4.79 Å². The van der Waals surface area contributed by atoms with Gasteiger partial charge in [0.2, 0.25) is 5.91 Å². The van der Waals surface area contributed by atoms with Gasteiger partial charge < -0.3 is 9.80 Å². The summed E-state index contributed by atoms with van der Waals surface area (Å²) in [7, 11) is 0. The lowest BCUT2D eigenvalue weighted by Crippen LogP contribution is -2.45. The van der Waals surface area contributed by atoms with E-state index in [4.69, 9.17) is 0 Å². The summed E-state index contributed by atoms with van der Waals surface area (Å²) in [5, 5.41) is 0. The minimum atomic E-state index is -0.127. The third kappa shape index (κ3) is 5.23. The highest BCUT2D eigenvalue weighted by Crippen LogP contribution is 2.42. The molecule has 0 bridgehead atoms. The number of nitrogens with zero attached hydrogens (tertiary/aromatic N) is 2. The Morgan fingerprint density at radius 3 is 1.91 bits per heavy atom. The maximum absolute atomic E-state index is 13.4. The monoisotopic (exact) mass is 564 g/mol. The highest BCUT2D eigenvalue weighted by Gasteiger charge is 2.47. The average molecular weight is 565 g/mol. The van der Waals surface area contributed by atoms with Gasteiger partial charge >= 0.3 is 0 Å². The van der Waals surface area contributed by atoms with E-state index in [0.29, 0.717) is 11.8 Å². The largest absolute Gasteiger partial charge is 0.338 e. The average Bonchev–Trinajstić information content (AvgIpc) is 3.18. The van der Waals surface area contributed by atoms with E-state index in [1.54, 1.807) is 0 Å². The molecule has 0 aliphatic carbocycles. The van der Waals surface area contributed by atoms with Crippen LogP contribution in [-0.2, 0) is 11.3 Å². The number of benzene rings is 3. The molecular formula is C30H33IN2O. The maximum atomic E-state index is 13.4. The summed E-state index contributed by atoms with van der Waals surface area (Å²) in [6, 6.07) is 30.3. The van der Waals surface area contributed by atoms with Crippen molar-refractivity contribution in [2.24, 2.45) is 5.41 Å². The molecule has 0 atom stereocenters. The number of amides is 1. The molecule has 3 aromatic rings. The second-order valence-corrected chi connectivity index (χ2v) is 11.1. The van der Waals surface area contributed by atoms with E-state index in [9.17, 15) is 4.79 Å². The van der Waals surface area contributed by atoms with Gasteiger partial charge in [-0.05, 0) is 96.7 Å². The SMILES string of the molecule is O=C1N(Cc2ccc(I)cc2)CCC12CCN(CCC(c1ccccc1)c1ccccc1)CC2. The predicted molar refractivity (Wildman–Crippen MR) is 147 cm³/mol. The molecule has 5 rings (SSSR count). The fraction of sp³-hybridized carbons (Fsp3) is 0.367. The van der Waals surface area contributed by atoms with Crippen LogP contribution in [0.2, 0.25) is 0 Å². The van der Waals surface area contributed by atoms with E-state index in [0.717, 1.165) is 58.4 Å². The summed E-state index contributed by atoms with van der Waals surface area (Å²) >= 11 is 2.33. The van der Waals surface area contributed by atoms with Crippen LogP contribution in [0.25, 0.3) is 0 Å². The first-order valence-electron chi connectivity index (χ1n) is 12.5. The first-order chi connectivity index (χ1) is 16.6. The van der Waals surface area contributed by atoms with Crippen LogP contribution in [0.1, 0.15) is 48.3 Å². The van der Waals surface area contributed by atoms with Crippen LogP contribution in [0, 0.1) is 8.99 Å². The molecule has 0 aromatic heterocycles. The van der Waals surface area contributed by atoms with Crippen LogP contribution >= 0.6 is 22.6 Å². The number of piperidine rings is 1. The van der Waals surface area contributed by atoms with Crippen molar-refractivity contribution >= 4 is 28.5 Å². The third-order valence-electron chi connectivity index (χ3n) is 7.84. The third-order valence-corrected chi connectivity index (χ3v) is 8.56. The van der Waals surface area contributed by atoms with Gasteiger partial charge in [-0.3, -0.25) is 4.79 Å². The lowest BCUT2D eigenvalue weighted by molar-refractivity contribution is -0.138. The van der Waals surface area contributed by atoms with Crippen LogP contribution in [0.5, 0.6) is 0 Å². The van der Waals surface area contributed by atoms with Crippen molar-refractivity contribution in [2.75, 3.05) is 26.2 Å². The van der Waals surface area contributed by atoms with Gasteiger partial charge in [0.05, 0.1) is 5.41 Å². The molecule has 1 amide bonds. The molecule has 1 spiro atoms. The molecule has 176 valence electrons. The van der Waals surface area contributed by atoms with Crippen LogP contribution in [-0.4, -0.2) is 41.9 Å².